The molecule has 1 aromatic heterocycles. The molecule has 240 valence electrons. The molecule has 3 aliphatic rings. The molecule has 0 N–H and O–H groups in total. The number of benzene rings is 1. The second-order valence-electron chi connectivity index (χ2n) is 13.7. The minimum Gasteiger partial charge on any atom is -0.497 e. The summed E-state index contributed by atoms with van der Waals surface area (Å²) < 4.78 is 44.9. The first kappa shape index (κ1) is 32.0. The Morgan fingerprint density at radius 1 is 1.16 bits per heavy atom. The minimum absolute atomic E-state index is 0.125. The SMILES string of the molecule is COc1ccc2nc3c(nc2c1)O[C@H]1CN(C(=O)[C@H](C(C)(C)C)CC(=O)O[C@]2(CC(F)F)C[C@H]2CCCCC3)[C@H](C=O)[C@@H]1C. The van der Waals surface area contributed by atoms with E-state index in [2.05, 4.69) is 0 Å². The summed E-state index contributed by atoms with van der Waals surface area (Å²) in [5.74, 6) is -1.36. The Morgan fingerprint density at radius 2 is 1.93 bits per heavy atom. The average Bonchev–Trinajstić information content (AvgIpc) is 3.51. The molecule has 1 saturated carbocycles. The highest BCUT2D eigenvalue weighted by atomic mass is 19.3. The van der Waals surface area contributed by atoms with E-state index >= 15 is 0 Å². The predicted octanol–water partition coefficient (Wildman–Crippen LogP) is 5.56. The van der Waals surface area contributed by atoms with Crippen LogP contribution < -0.4 is 9.47 Å². The van der Waals surface area contributed by atoms with E-state index in [1.165, 1.54) is 4.90 Å². The maximum atomic E-state index is 14.1. The number of nitrogens with zero attached hydrogens (tertiary/aromatic N) is 3. The van der Waals surface area contributed by atoms with E-state index in [1.807, 2.05) is 39.8 Å². The first-order valence-corrected chi connectivity index (χ1v) is 15.6. The number of carbonyl (C=O) groups is 3. The van der Waals surface area contributed by atoms with Gasteiger partial charge in [-0.3, -0.25) is 9.59 Å². The lowest BCUT2D eigenvalue weighted by Crippen LogP contribution is -2.46. The van der Waals surface area contributed by atoms with Gasteiger partial charge in [0.1, 0.15) is 29.4 Å². The van der Waals surface area contributed by atoms with Gasteiger partial charge >= 0.3 is 5.97 Å². The molecule has 2 fully saturated rings. The van der Waals surface area contributed by atoms with Crippen LogP contribution in [0.5, 0.6) is 11.6 Å². The van der Waals surface area contributed by atoms with Crippen molar-refractivity contribution in [2.24, 2.45) is 23.2 Å². The molecular formula is C33H43F2N3O6. The second-order valence-corrected chi connectivity index (χ2v) is 13.7. The Labute approximate surface area is 257 Å². The van der Waals surface area contributed by atoms with Crippen molar-refractivity contribution >= 4 is 29.2 Å². The maximum Gasteiger partial charge on any atom is 0.307 e. The highest BCUT2D eigenvalue weighted by Gasteiger charge is 2.59. The number of halogens is 2. The number of aryl methyl sites for hydroxylation is 1. The lowest BCUT2D eigenvalue weighted by atomic mass is 9.77. The normalized spacial score (nSPS) is 30.1. The molecule has 2 bridgehead atoms. The summed E-state index contributed by atoms with van der Waals surface area (Å²) >= 11 is 0. The number of hydrogen-bond acceptors (Lipinski definition) is 8. The van der Waals surface area contributed by atoms with Gasteiger partial charge < -0.3 is 23.9 Å². The van der Waals surface area contributed by atoms with E-state index in [1.54, 1.807) is 13.2 Å². The maximum absolute atomic E-state index is 14.1. The largest absolute Gasteiger partial charge is 0.497 e. The molecule has 0 unspecified atom stereocenters. The molecule has 9 nitrogen and oxygen atoms in total. The van der Waals surface area contributed by atoms with E-state index in [0.717, 1.165) is 25.5 Å². The fourth-order valence-electron chi connectivity index (χ4n) is 6.81. The van der Waals surface area contributed by atoms with Crippen molar-refractivity contribution in [3.63, 3.8) is 0 Å². The lowest BCUT2D eigenvalue weighted by Gasteiger charge is -2.34. The molecule has 0 spiro atoms. The summed E-state index contributed by atoms with van der Waals surface area (Å²) in [7, 11) is 1.58. The number of aldehydes is 1. The zero-order valence-corrected chi connectivity index (χ0v) is 26.2. The standard InChI is InChI=1S/C33H43F2N3O6/c1-19-26(18-39)38-17-27(19)43-30-24(36-23-12-11-21(42-5)13-25(23)37-30)10-8-6-7-9-20-15-33(20,16-28(34)35)44-29(40)14-22(31(38)41)32(2,3)4/h11-13,18-20,22,26-28H,6-10,14-17H2,1-5H3/t19-,20+,22+,26+,27-,33-/m0/s1. The van der Waals surface area contributed by atoms with Crippen LogP contribution >= 0.6 is 0 Å². The first-order chi connectivity index (χ1) is 20.8. The highest BCUT2D eigenvalue weighted by molar-refractivity contribution is 5.87. The van der Waals surface area contributed by atoms with Crippen molar-refractivity contribution in [3.05, 3.63) is 23.9 Å². The highest BCUT2D eigenvalue weighted by Crippen LogP contribution is 2.54. The molecule has 1 saturated heterocycles. The Morgan fingerprint density at radius 3 is 2.61 bits per heavy atom. The van der Waals surface area contributed by atoms with Gasteiger partial charge in [-0.05, 0) is 43.2 Å². The van der Waals surface area contributed by atoms with Crippen LogP contribution in [0.25, 0.3) is 11.0 Å². The van der Waals surface area contributed by atoms with Crippen LogP contribution in [0, 0.1) is 23.2 Å². The molecular weight excluding hydrogens is 572 g/mol. The molecule has 1 aromatic carbocycles. The first-order valence-electron chi connectivity index (χ1n) is 15.6. The van der Waals surface area contributed by atoms with E-state index in [-0.39, 0.29) is 30.7 Å². The van der Waals surface area contributed by atoms with Crippen molar-refractivity contribution < 1.29 is 37.4 Å². The summed E-state index contributed by atoms with van der Waals surface area (Å²) in [4.78, 5) is 50.9. The van der Waals surface area contributed by atoms with Crippen LogP contribution in [0.2, 0.25) is 0 Å². The number of aromatic nitrogens is 2. The molecule has 2 aliphatic heterocycles. The molecule has 44 heavy (non-hydrogen) atoms. The van der Waals surface area contributed by atoms with Crippen LogP contribution in [0.1, 0.15) is 78.3 Å². The fourth-order valence-corrected chi connectivity index (χ4v) is 6.81. The number of hydrogen-bond donors (Lipinski definition) is 0. The zero-order chi connectivity index (χ0) is 31.8. The summed E-state index contributed by atoms with van der Waals surface area (Å²) in [5.41, 5.74) is 0.130. The second kappa shape index (κ2) is 12.6. The number of methoxy groups -OCH3 is 1. The summed E-state index contributed by atoms with van der Waals surface area (Å²) in [6.07, 6.45) is 0.879. The minimum atomic E-state index is -2.60. The third-order valence-electron chi connectivity index (χ3n) is 9.63. The smallest absolute Gasteiger partial charge is 0.307 e. The number of amides is 1. The van der Waals surface area contributed by atoms with Crippen molar-refractivity contribution in [2.45, 2.75) is 103 Å². The zero-order valence-electron chi connectivity index (χ0n) is 26.2. The number of esters is 1. The Bertz CT molecular complexity index is 1400. The molecule has 2 aromatic rings. The number of alkyl halides is 2. The van der Waals surface area contributed by atoms with Crippen molar-refractivity contribution in [1.29, 1.82) is 0 Å². The Kier molecular flexibility index (Phi) is 9.14. The van der Waals surface area contributed by atoms with E-state index < -0.39 is 47.9 Å². The van der Waals surface area contributed by atoms with Crippen molar-refractivity contribution in [2.75, 3.05) is 13.7 Å². The van der Waals surface area contributed by atoms with Gasteiger partial charge in [0.25, 0.3) is 0 Å². The fraction of sp³-hybridized carbons (Fsp3) is 0.667. The third kappa shape index (κ3) is 6.66. The quantitative estimate of drug-likeness (QED) is 0.325. The van der Waals surface area contributed by atoms with Gasteiger partial charge in [0.05, 0.1) is 43.1 Å². The molecule has 1 aliphatic carbocycles. The molecule has 11 heteroatoms. The van der Waals surface area contributed by atoms with E-state index in [4.69, 9.17) is 24.2 Å². The predicted molar refractivity (Wildman–Crippen MR) is 159 cm³/mol. The van der Waals surface area contributed by atoms with Crippen LogP contribution in [-0.2, 0) is 25.5 Å². The van der Waals surface area contributed by atoms with E-state index in [9.17, 15) is 23.2 Å². The summed E-state index contributed by atoms with van der Waals surface area (Å²) in [6, 6.07) is 4.68. The van der Waals surface area contributed by atoms with Crippen LogP contribution in [0.3, 0.4) is 0 Å². The molecule has 6 atom stereocenters. The number of carbonyl (C=O) groups excluding carboxylic acids is 3. The van der Waals surface area contributed by atoms with Crippen LogP contribution in [0.4, 0.5) is 8.78 Å². The Hall–Kier alpha value is -3.37. The third-order valence-corrected chi connectivity index (χ3v) is 9.63. The van der Waals surface area contributed by atoms with Gasteiger partial charge in [0, 0.05) is 24.3 Å². The lowest BCUT2D eigenvalue weighted by molar-refractivity contribution is -0.160. The number of ether oxygens (including phenoxy) is 3. The molecule has 0 radical (unpaired) electrons. The van der Waals surface area contributed by atoms with Crippen LogP contribution in [0.15, 0.2) is 18.2 Å². The molecule has 1 amide bonds. The topological polar surface area (TPSA) is 108 Å². The number of rotatable bonds is 4. The molecule has 5 rings (SSSR count). The van der Waals surface area contributed by atoms with Gasteiger partial charge in [-0.15, -0.1) is 0 Å². The monoisotopic (exact) mass is 615 g/mol. The Balaban J connectivity index is 1.50. The van der Waals surface area contributed by atoms with Crippen LogP contribution in [-0.4, -0.2) is 70.9 Å². The van der Waals surface area contributed by atoms with Gasteiger partial charge in [-0.25, -0.2) is 18.7 Å². The molecule has 3 heterocycles. The van der Waals surface area contributed by atoms with E-state index in [0.29, 0.717) is 47.6 Å². The van der Waals surface area contributed by atoms with Gasteiger partial charge in [0.15, 0.2) is 0 Å². The average molecular weight is 616 g/mol. The summed E-state index contributed by atoms with van der Waals surface area (Å²) in [6.45, 7) is 7.52. The summed E-state index contributed by atoms with van der Waals surface area (Å²) in [5, 5.41) is 0. The van der Waals surface area contributed by atoms with Gasteiger partial charge in [-0.2, -0.15) is 0 Å². The number of fused-ring (bicyclic) bond motifs is 5. The van der Waals surface area contributed by atoms with Gasteiger partial charge in [0.2, 0.25) is 18.2 Å². The van der Waals surface area contributed by atoms with Crippen molar-refractivity contribution in [3.8, 4) is 11.6 Å². The van der Waals surface area contributed by atoms with Gasteiger partial charge in [-0.1, -0.05) is 40.5 Å². The van der Waals surface area contributed by atoms with Crippen molar-refractivity contribution in [1.82, 2.24) is 14.9 Å².